The number of phenols is 1. The Morgan fingerprint density at radius 2 is 1.95 bits per heavy atom. The van der Waals surface area contributed by atoms with Crippen molar-refractivity contribution in [1.29, 1.82) is 0 Å². The van der Waals surface area contributed by atoms with E-state index in [2.05, 4.69) is 10.3 Å². The minimum absolute atomic E-state index is 0.0368. The number of hydrogen-bond acceptors (Lipinski definition) is 9. The number of ketones is 4. The molecule has 3 aliphatic rings. The Morgan fingerprint density at radius 3 is 2.57 bits per heavy atom. The van der Waals surface area contributed by atoms with Gasteiger partial charge in [0.1, 0.15) is 5.75 Å². The number of hydrogen-bond donors (Lipinski definition) is 5. The van der Waals surface area contributed by atoms with Gasteiger partial charge in [0.15, 0.2) is 34.7 Å². The number of H-pyrrole nitrogens is 1. The normalized spacial score (nSPS) is 28.8. The number of nitrogens with zero attached hydrogens (tertiary/aromatic N) is 1. The zero-order valence-corrected chi connectivity index (χ0v) is 20.4. The van der Waals surface area contributed by atoms with E-state index in [1.807, 2.05) is 6.07 Å². The average molecular weight is 509 g/mol. The molecule has 0 saturated heterocycles. The second-order valence-electron chi connectivity index (χ2n) is 10.4. The van der Waals surface area contributed by atoms with Crippen molar-refractivity contribution >= 4 is 40.4 Å². The van der Waals surface area contributed by atoms with Crippen molar-refractivity contribution in [3.05, 3.63) is 41.2 Å². The molecule has 0 radical (unpaired) electrons. The Morgan fingerprint density at radius 1 is 1.22 bits per heavy atom. The molecule has 1 heterocycles. The third kappa shape index (κ3) is 3.56. The summed E-state index contributed by atoms with van der Waals surface area (Å²) in [6, 6.07) is 3.59. The number of aliphatic hydroxyl groups is 1. The topological polar surface area (TPSA) is 183 Å². The molecule has 5 atom stereocenters. The summed E-state index contributed by atoms with van der Waals surface area (Å²) in [5, 5.41) is 25.6. The molecule has 2 saturated carbocycles. The van der Waals surface area contributed by atoms with Crippen LogP contribution in [-0.2, 0) is 32.1 Å². The molecule has 1 amide bonds. The highest BCUT2D eigenvalue weighted by Crippen LogP contribution is 2.52. The number of carbonyl (C=O) groups excluding carboxylic acids is 5. The molecule has 1 aromatic carbocycles. The van der Waals surface area contributed by atoms with E-state index >= 15 is 0 Å². The standard InChI is InChI=1S/C26H28N4O7/c1-30(2)16-8-15(29-10-11-3-4-28-9-11)21(32)19-14(16)6-12-5-13-7-17(31)20(25(27)36)24(35)26(13,37)23(34)18(12)22(19)33/h3-4,8-9,12-13,18,20,28-29,32,37H,5-7,10H2,1-2H3,(H2,27,36)/t12-,13+,18?,20?,26+/m1/s1. The second-order valence-corrected chi connectivity index (χ2v) is 10.4. The van der Waals surface area contributed by atoms with E-state index in [0.717, 1.165) is 5.56 Å². The van der Waals surface area contributed by atoms with Gasteiger partial charge in [-0.3, -0.25) is 24.0 Å². The molecule has 194 valence electrons. The van der Waals surface area contributed by atoms with Gasteiger partial charge in [-0.25, -0.2) is 0 Å². The van der Waals surface area contributed by atoms with Gasteiger partial charge in [0.25, 0.3) is 0 Å². The molecule has 0 aliphatic heterocycles. The minimum atomic E-state index is -2.66. The molecule has 37 heavy (non-hydrogen) atoms. The molecule has 5 rings (SSSR count). The van der Waals surface area contributed by atoms with E-state index in [4.69, 9.17) is 5.73 Å². The molecule has 11 heteroatoms. The van der Waals surface area contributed by atoms with Gasteiger partial charge in [-0.1, -0.05) is 0 Å². The fourth-order valence-corrected chi connectivity index (χ4v) is 6.21. The number of benzene rings is 1. The van der Waals surface area contributed by atoms with Crippen molar-refractivity contribution < 1.29 is 34.2 Å². The van der Waals surface area contributed by atoms with Crippen LogP contribution < -0.4 is 16.0 Å². The maximum absolute atomic E-state index is 13.8. The molecular weight excluding hydrogens is 480 g/mol. The lowest BCUT2D eigenvalue weighted by molar-refractivity contribution is -0.175. The summed E-state index contributed by atoms with van der Waals surface area (Å²) in [5.41, 5.74) is 4.97. The van der Waals surface area contributed by atoms with Crippen molar-refractivity contribution in [2.24, 2.45) is 29.4 Å². The van der Waals surface area contributed by atoms with Crippen LogP contribution in [0.25, 0.3) is 0 Å². The summed E-state index contributed by atoms with van der Waals surface area (Å²) < 4.78 is 0. The smallest absolute Gasteiger partial charge is 0.235 e. The summed E-state index contributed by atoms with van der Waals surface area (Å²) >= 11 is 0. The van der Waals surface area contributed by atoms with Gasteiger partial charge in [0.2, 0.25) is 5.91 Å². The maximum Gasteiger partial charge on any atom is 0.235 e. The first kappa shape index (κ1) is 24.7. The summed E-state index contributed by atoms with van der Waals surface area (Å²) in [5.74, 6) is -10.2. The molecule has 6 N–H and O–H groups in total. The fourth-order valence-electron chi connectivity index (χ4n) is 6.21. The van der Waals surface area contributed by atoms with Gasteiger partial charge in [0, 0.05) is 51.1 Å². The first-order valence-corrected chi connectivity index (χ1v) is 12.1. The molecule has 2 unspecified atom stereocenters. The first-order valence-electron chi connectivity index (χ1n) is 12.1. The van der Waals surface area contributed by atoms with Crippen LogP contribution >= 0.6 is 0 Å². The van der Waals surface area contributed by atoms with Crippen LogP contribution in [0.1, 0.15) is 34.3 Å². The number of Topliss-reactive ketones (excluding diaryl/α,β-unsaturated/α-hetero) is 4. The van der Waals surface area contributed by atoms with E-state index in [9.17, 15) is 34.2 Å². The Kier molecular flexibility index (Phi) is 5.70. The van der Waals surface area contributed by atoms with Gasteiger partial charge in [-0.2, -0.15) is 0 Å². The lowest BCUT2D eigenvalue weighted by Crippen LogP contribution is -2.68. The van der Waals surface area contributed by atoms with Crippen LogP contribution in [0.5, 0.6) is 5.75 Å². The van der Waals surface area contributed by atoms with Crippen molar-refractivity contribution in [2.45, 2.75) is 31.4 Å². The SMILES string of the molecule is CN(C)c1cc(NCc2cc[nH]c2)c(O)c2c1C[C@H]1C[C@H]3CC(=O)C(C(N)=O)C(=O)[C@@]3(O)C(=O)C1C2=O. The van der Waals surface area contributed by atoms with Crippen LogP contribution in [0.4, 0.5) is 11.4 Å². The number of aromatic amines is 1. The monoisotopic (exact) mass is 508 g/mol. The van der Waals surface area contributed by atoms with Crippen LogP contribution in [-0.4, -0.2) is 63.9 Å². The summed E-state index contributed by atoms with van der Waals surface area (Å²) in [6.45, 7) is 0.361. The van der Waals surface area contributed by atoms with Crippen molar-refractivity contribution in [1.82, 2.24) is 4.98 Å². The van der Waals surface area contributed by atoms with E-state index in [1.54, 1.807) is 37.5 Å². The molecular formula is C26H28N4O7. The van der Waals surface area contributed by atoms with Crippen LogP contribution in [0.3, 0.4) is 0 Å². The number of nitrogens with two attached hydrogens (primary N) is 1. The number of carbonyl (C=O) groups is 5. The maximum atomic E-state index is 13.8. The highest BCUT2D eigenvalue weighted by Gasteiger charge is 2.66. The zero-order valence-electron chi connectivity index (χ0n) is 20.4. The van der Waals surface area contributed by atoms with Gasteiger partial charge in [-0.05, 0) is 42.0 Å². The number of nitrogens with one attached hydrogen (secondary N) is 2. The third-order valence-corrected chi connectivity index (χ3v) is 8.01. The largest absolute Gasteiger partial charge is 0.505 e. The summed E-state index contributed by atoms with van der Waals surface area (Å²) in [7, 11) is 3.60. The van der Waals surface area contributed by atoms with Gasteiger partial charge in [0.05, 0.1) is 17.2 Å². The predicted octanol–water partition coefficient (Wildman–Crippen LogP) is 0.333. The Labute approximate surface area is 212 Å². The lowest BCUT2D eigenvalue weighted by atomic mass is 9.53. The highest BCUT2D eigenvalue weighted by atomic mass is 16.3. The number of rotatable bonds is 5. The van der Waals surface area contributed by atoms with E-state index in [1.165, 1.54) is 0 Å². The number of primary amides is 1. The Balaban J connectivity index is 1.57. The molecule has 11 nitrogen and oxygen atoms in total. The first-order chi connectivity index (χ1) is 17.5. The molecule has 2 aromatic rings. The lowest BCUT2D eigenvalue weighted by Gasteiger charge is -2.48. The number of fused-ring (bicyclic) bond motifs is 3. The van der Waals surface area contributed by atoms with Crippen LogP contribution in [0.15, 0.2) is 24.5 Å². The molecule has 2 fully saturated rings. The van der Waals surface area contributed by atoms with Crippen molar-refractivity contribution in [2.75, 3.05) is 24.3 Å². The van der Waals surface area contributed by atoms with Gasteiger partial charge >= 0.3 is 0 Å². The number of anilines is 2. The van der Waals surface area contributed by atoms with Crippen LogP contribution in [0.2, 0.25) is 0 Å². The molecule has 0 spiro atoms. The minimum Gasteiger partial charge on any atom is -0.505 e. The zero-order chi connectivity index (χ0) is 26.8. The second kappa shape index (κ2) is 8.55. The van der Waals surface area contributed by atoms with Crippen molar-refractivity contribution in [3.8, 4) is 5.75 Å². The van der Waals surface area contributed by atoms with E-state index < -0.39 is 58.3 Å². The van der Waals surface area contributed by atoms with Crippen LogP contribution in [0, 0.1) is 23.7 Å². The summed E-state index contributed by atoms with van der Waals surface area (Å²) in [6.07, 6.45) is 3.47. The average Bonchev–Trinajstić information content (AvgIpc) is 3.34. The number of amides is 1. The molecule has 3 aliphatic carbocycles. The summed E-state index contributed by atoms with van der Waals surface area (Å²) in [4.78, 5) is 69.6. The Bertz CT molecular complexity index is 1350. The molecule has 1 aromatic heterocycles. The van der Waals surface area contributed by atoms with E-state index in [-0.39, 0.29) is 30.6 Å². The van der Waals surface area contributed by atoms with E-state index in [0.29, 0.717) is 23.5 Å². The van der Waals surface area contributed by atoms with Gasteiger partial charge in [-0.15, -0.1) is 0 Å². The number of aromatic hydroxyl groups is 1. The molecule has 0 bridgehead atoms. The quantitative estimate of drug-likeness (QED) is 0.281. The predicted molar refractivity (Wildman–Crippen MR) is 131 cm³/mol. The number of phenolic OH excluding ortho intramolecular Hbond substituents is 1. The number of aromatic nitrogens is 1. The van der Waals surface area contributed by atoms with Gasteiger partial charge < -0.3 is 31.1 Å². The third-order valence-electron chi connectivity index (χ3n) is 8.01. The highest BCUT2D eigenvalue weighted by molar-refractivity contribution is 6.31. The van der Waals surface area contributed by atoms with Crippen molar-refractivity contribution in [3.63, 3.8) is 0 Å². The Hall–Kier alpha value is -3.99. The fraction of sp³-hybridized carbons (Fsp3) is 0.423.